The molecule has 0 spiro atoms. The van der Waals surface area contributed by atoms with E-state index in [1.807, 2.05) is 0 Å². The molecular weight excluding hydrogens is 244 g/mol. The first-order valence-electron chi connectivity index (χ1n) is 4.64. The lowest BCUT2D eigenvalue weighted by Crippen LogP contribution is -2.18. The van der Waals surface area contributed by atoms with Crippen LogP contribution in [0.1, 0.15) is 5.56 Å². The van der Waals surface area contributed by atoms with Crippen molar-refractivity contribution in [3.63, 3.8) is 0 Å². The zero-order valence-corrected chi connectivity index (χ0v) is 8.63. The lowest BCUT2D eigenvalue weighted by molar-refractivity contribution is -0.325. The van der Waals surface area contributed by atoms with E-state index in [2.05, 4.69) is 4.74 Å². The minimum absolute atomic E-state index is 0.0415. The van der Waals surface area contributed by atoms with Crippen LogP contribution in [0.4, 0.5) is 17.6 Å². The molecule has 0 atom stereocenters. The van der Waals surface area contributed by atoms with Crippen LogP contribution in [0.15, 0.2) is 18.2 Å². The summed E-state index contributed by atoms with van der Waals surface area (Å²) in [5.74, 6) is -0.594. The Kier molecular flexibility index (Phi) is 4.71. The van der Waals surface area contributed by atoms with Crippen molar-refractivity contribution in [1.82, 2.24) is 0 Å². The second-order valence-electron chi connectivity index (χ2n) is 3.10. The molecule has 0 heterocycles. The van der Waals surface area contributed by atoms with Crippen molar-refractivity contribution >= 4 is 0 Å². The number of rotatable bonds is 5. The summed E-state index contributed by atoms with van der Waals surface area (Å²) in [6.45, 7) is -1.44. The molecule has 1 rings (SSSR count). The molecule has 0 aliphatic rings. The zero-order chi connectivity index (χ0) is 12.9. The van der Waals surface area contributed by atoms with Crippen molar-refractivity contribution in [3.05, 3.63) is 29.6 Å². The minimum atomic E-state index is -4.71. The van der Waals surface area contributed by atoms with E-state index in [0.717, 1.165) is 12.1 Å². The summed E-state index contributed by atoms with van der Waals surface area (Å²) in [6.07, 6.45) is -4.71. The van der Waals surface area contributed by atoms with Gasteiger partial charge in [0.1, 0.15) is 18.2 Å². The van der Waals surface area contributed by atoms with Gasteiger partial charge in [0.2, 0.25) is 0 Å². The monoisotopic (exact) mass is 254 g/mol. The Morgan fingerprint density at radius 1 is 1.12 bits per heavy atom. The van der Waals surface area contributed by atoms with E-state index >= 15 is 0 Å². The highest BCUT2D eigenvalue weighted by molar-refractivity contribution is 5.29. The standard InChI is InChI=1S/C10H10F4O3/c11-8-3-7(6-15)4-9(5-8)16-1-2-17-10(12,13)14/h3-5,15H,1-2,6H2. The van der Waals surface area contributed by atoms with Crippen LogP contribution < -0.4 is 4.74 Å². The number of hydrogen-bond acceptors (Lipinski definition) is 3. The van der Waals surface area contributed by atoms with E-state index < -0.39 is 18.8 Å². The molecule has 0 unspecified atom stereocenters. The molecule has 0 saturated heterocycles. The van der Waals surface area contributed by atoms with Gasteiger partial charge in [0.05, 0.1) is 13.2 Å². The van der Waals surface area contributed by atoms with Crippen molar-refractivity contribution in [1.29, 1.82) is 0 Å². The van der Waals surface area contributed by atoms with Gasteiger partial charge >= 0.3 is 6.36 Å². The number of aliphatic hydroxyl groups is 1. The molecule has 0 aliphatic carbocycles. The van der Waals surface area contributed by atoms with Crippen LogP contribution in [0, 0.1) is 5.82 Å². The second kappa shape index (κ2) is 5.83. The van der Waals surface area contributed by atoms with Crippen LogP contribution in [0.3, 0.4) is 0 Å². The summed E-state index contributed by atoms with van der Waals surface area (Å²) in [5.41, 5.74) is 0.275. The van der Waals surface area contributed by atoms with Crippen LogP contribution in [-0.4, -0.2) is 24.7 Å². The van der Waals surface area contributed by atoms with E-state index in [9.17, 15) is 17.6 Å². The quantitative estimate of drug-likeness (QED) is 0.647. The molecule has 1 aromatic carbocycles. The molecule has 0 amide bonds. The fourth-order valence-corrected chi connectivity index (χ4v) is 1.11. The van der Waals surface area contributed by atoms with Gasteiger partial charge in [-0.15, -0.1) is 13.2 Å². The molecule has 7 heteroatoms. The van der Waals surface area contributed by atoms with E-state index in [4.69, 9.17) is 9.84 Å². The topological polar surface area (TPSA) is 38.7 Å². The number of alkyl halides is 3. The molecule has 1 N–H and O–H groups in total. The summed E-state index contributed by atoms with van der Waals surface area (Å²) in [6, 6.07) is 3.43. The first kappa shape index (κ1) is 13.7. The molecule has 0 aromatic heterocycles. The number of benzene rings is 1. The maximum absolute atomic E-state index is 12.9. The smallest absolute Gasteiger partial charge is 0.491 e. The van der Waals surface area contributed by atoms with Gasteiger partial charge in [-0.1, -0.05) is 0 Å². The molecule has 0 saturated carbocycles. The molecule has 96 valence electrons. The molecule has 0 bridgehead atoms. The normalized spacial score (nSPS) is 11.6. The van der Waals surface area contributed by atoms with Gasteiger partial charge in [0.15, 0.2) is 0 Å². The summed E-state index contributed by atoms with van der Waals surface area (Å²) >= 11 is 0. The lowest BCUT2D eigenvalue weighted by atomic mass is 10.2. The van der Waals surface area contributed by atoms with Crippen LogP contribution in [-0.2, 0) is 11.3 Å². The lowest BCUT2D eigenvalue weighted by Gasteiger charge is -2.09. The van der Waals surface area contributed by atoms with Crippen LogP contribution >= 0.6 is 0 Å². The first-order chi connectivity index (χ1) is 7.90. The molecule has 1 aromatic rings. The first-order valence-corrected chi connectivity index (χ1v) is 4.64. The molecule has 3 nitrogen and oxygen atoms in total. The van der Waals surface area contributed by atoms with Crippen molar-refractivity contribution in [2.45, 2.75) is 13.0 Å². The highest BCUT2D eigenvalue weighted by atomic mass is 19.4. The van der Waals surface area contributed by atoms with Gasteiger partial charge < -0.3 is 9.84 Å². The van der Waals surface area contributed by atoms with E-state index in [1.54, 1.807) is 0 Å². The number of aliphatic hydroxyl groups excluding tert-OH is 1. The Morgan fingerprint density at radius 3 is 2.41 bits per heavy atom. The van der Waals surface area contributed by atoms with Gasteiger partial charge in [-0.05, 0) is 17.7 Å². The molecular formula is C10H10F4O3. The Balaban J connectivity index is 2.44. The predicted molar refractivity (Wildman–Crippen MR) is 49.8 cm³/mol. The maximum atomic E-state index is 12.9. The average Bonchev–Trinajstić information content (AvgIpc) is 2.22. The fourth-order valence-electron chi connectivity index (χ4n) is 1.11. The third-order valence-corrected chi connectivity index (χ3v) is 1.73. The minimum Gasteiger partial charge on any atom is -0.491 e. The van der Waals surface area contributed by atoms with Crippen molar-refractivity contribution in [2.75, 3.05) is 13.2 Å². The van der Waals surface area contributed by atoms with Crippen molar-refractivity contribution in [2.24, 2.45) is 0 Å². The van der Waals surface area contributed by atoms with E-state index in [0.29, 0.717) is 0 Å². The Bertz CT molecular complexity index is 365. The molecule has 0 fully saturated rings. The average molecular weight is 254 g/mol. The highest BCUT2D eigenvalue weighted by Crippen LogP contribution is 2.18. The number of ether oxygens (including phenoxy) is 2. The van der Waals surface area contributed by atoms with Crippen LogP contribution in [0.2, 0.25) is 0 Å². The third-order valence-electron chi connectivity index (χ3n) is 1.73. The summed E-state index contributed by atoms with van der Waals surface area (Å²) < 4.78 is 56.0. The van der Waals surface area contributed by atoms with Crippen LogP contribution in [0.25, 0.3) is 0 Å². The van der Waals surface area contributed by atoms with Gasteiger partial charge in [-0.3, -0.25) is 4.74 Å². The Labute approximate surface area is 94.6 Å². The number of halogens is 4. The maximum Gasteiger partial charge on any atom is 0.522 e. The Hall–Kier alpha value is -1.34. The van der Waals surface area contributed by atoms with Gasteiger partial charge in [0, 0.05) is 6.07 Å². The summed E-state index contributed by atoms with van der Waals surface area (Å²) in [4.78, 5) is 0. The largest absolute Gasteiger partial charge is 0.522 e. The predicted octanol–water partition coefficient (Wildman–Crippen LogP) is 2.23. The third kappa shape index (κ3) is 5.50. The van der Waals surface area contributed by atoms with Gasteiger partial charge in [-0.25, -0.2) is 4.39 Å². The summed E-state index contributed by atoms with van der Waals surface area (Å²) in [7, 11) is 0. The SMILES string of the molecule is OCc1cc(F)cc(OCCOC(F)(F)F)c1. The van der Waals surface area contributed by atoms with E-state index in [-0.39, 0.29) is 24.5 Å². The van der Waals surface area contributed by atoms with Crippen molar-refractivity contribution < 1.29 is 32.1 Å². The molecule has 0 aliphatic heterocycles. The van der Waals surface area contributed by atoms with E-state index in [1.165, 1.54) is 6.07 Å². The highest BCUT2D eigenvalue weighted by Gasteiger charge is 2.28. The number of hydrogen-bond donors (Lipinski definition) is 1. The van der Waals surface area contributed by atoms with Gasteiger partial charge in [0.25, 0.3) is 0 Å². The van der Waals surface area contributed by atoms with Crippen molar-refractivity contribution in [3.8, 4) is 5.75 Å². The Morgan fingerprint density at radius 2 is 1.82 bits per heavy atom. The summed E-state index contributed by atoms with van der Waals surface area (Å²) in [5, 5.41) is 8.77. The van der Waals surface area contributed by atoms with Gasteiger partial charge in [-0.2, -0.15) is 0 Å². The fraction of sp³-hybridized carbons (Fsp3) is 0.400. The van der Waals surface area contributed by atoms with Crippen LogP contribution in [0.5, 0.6) is 5.75 Å². The zero-order valence-electron chi connectivity index (χ0n) is 8.63. The second-order valence-corrected chi connectivity index (χ2v) is 3.10. The molecule has 17 heavy (non-hydrogen) atoms. The molecule has 0 radical (unpaired) electrons.